The summed E-state index contributed by atoms with van der Waals surface area (Å²) in [7, 11) is 0. The SMILES string of the molecule is O=C(COC(=O)C(Cc1ccccc1)N1C(=O)c2ccccc2C1=O)c1ccc(OC(=O)c2ccc(Cl)c(Cl)c2)cc1. The van der Waals surface area contributed by atoms with Crippen LogP contribution in [0.2, 0.25) is 10.0 Å². The van der Waals surface area contributed by atoms with Crippen LogP contribution in [0.5, 0.6) is 5.75 Å². The minimum atomic E-state index is -1.28. The number of hydrogen-bond donors (Lipinski definition) is 0. The second-order valence-corrected chi connectivity index (χ2v) is 10.1. The number of esters is 2. The molecule has 1 unspecified atom stereocenters. The van der Waals surface area contributed by atoms with Crippen LogP contribution in [0.4, 0.5) is 0 Å². The highest BCUT2D eigenvalue weighted by Gasteiger charge is 2.43. The largest absolute Gasteiger partial charge is 0.456 e. The first-order valence-corrected chi connectivity index (χ1v) is 13.5. The van der Waals surface area contributed by atoms with Crippen molar-refractivity contribution < 1.29 is 33.4 Å². The number of hydrogen-bond acceptors (Lipinski definition) is 7. The van der Waals surface area contributed by atoms with Gasteiger partial charge in [0.15, 0.2) is 12.4 Å². The van der Waals surface area contributed by atoms with Crippen LogP contribution in [0.25, 0.3) is 0 Å². The van der Waals surface area contributed by atoms with E-state index < -0.39 is 42.2 Å². The summed E-state index contributed by atoms with van der Waals surface area (Å²) in [5.74, 6) is -3.13. The molecule has 0 saturated carbocycles. The van der Waals surface area contributed by atoms with E-state index in [0.717, 1.165) is 4.90 Å². The van der Waals surface area contributed by atoms with E-state index in [0.29, 0.717) is 10.6 Å². The van der Waals surface area contributed by atoms with E-state index in [1.165, 1.54) is 54.6 Å². The molecule has 8 nitrogen and oxygen atoms in total. The van der Waals surface area contributed by atoms with Crippen molar-refractivity contribution in [1.82, 2.24) is 4.90 Å². The lowest BCUT2D eigenvalue weighted by molar-refractivity contribution is -0.147. The van der Waals surface area contributed by atoms with E-state index in [4.69, 9.17) is 32.7 Å². The van der Waals surface area contributed by atoms with Crippen LogP contribution in [0, 0.1) is 0 Å². The van der Waals surface area contributed by atoms with Crippen molar-refractivity contribution in [3.05, 3.63) is 135 Å². The first-order valence-electron chi connectivity index (χ1n) is 12.7. The zero-order valence-electron chi connectivity index (χ0n) is 21.8. The molecule has 0 aromatic heterocycles. The third-order valence-corrected chi connectivity index (χ3v) is 7.31. The van der Waals surface area contributed by atoms with Crippen molar-refractivity contribution in [3.8, 4) is 5.75 Å². The van der Waals surface area contributed by atoms with Gasteiger partial charge < -0.3 is 9.47 Å². The Balaban J connectivity index is 1.26. The average Bonchev–Trinajstić information content (AvgIpc) is 3.26. The topological polar surface area (TPSA) is 107 Å². The molecule has 1 atom stereocenters. The van der Waals surface area contributed by atoms with Crippen molar-refractivity contribution in [1.29, 1.82) is 0 Å². The third-order valence-electron chi connectivity index (χ3n) is 6.57. The minimum absolute atomic E-state index is 0.0121. The predicted octanol–water partition coefficient (Wildman–Crippen LogP) is 5.85. The number of rotatable bonds is 9. The molecule has 0 fully saturated rings. The molecule has 0 radical (unpaired) electrons. The van der Waals surface area contributed by atoms with Gasteiger partial charge in [-0.25, -0.2) is 9.59 Å². The highest BCUT2D eigenvalue weighted by Crippen LogP contribution is 2.27. The zero-order valence-corrected chi connectivity index (χ0v) is 23.3. The molecule has 5 rings (SSSR count). The number of amides is 2. The summed E-state index contributed by atoms with van der Waals surface area (Å²) >= 11 is 11.8. The number of ether oxygens (including phenoxy) is 2. The molecular formula is C32H21Cl2NO7. The molecule has 0 spiro atoms. The molecule has 1 heterocycles. The Morgan fingerprint density at radius 3 is 1.93 bits per heavy atom. The van der Waals surface area contributed by atoms with Gasteiger partial charge in [-0.3, -0.25) is 19.3 Å². The molecule has 0 saturated heterocycles. The van der Waals surface area contributed by atoms with Crippen molar-refractivity contribution in [2.24, 2.45) is 0 Å². The molecule has 1 aliphatic rings. The highest BCUT2D eigenvalue weighted by molar-refractivity contribution is 6.42. The van der Waals surface area contributed by atoms with E-state index in [9.17, 15) is 24.0 Å². The maximum absolute atomic E-state index is 13.3. The molecular weight excluding hydrogens is 581 g/mol. The summed E-state index contributed by atoms with van der Waals surface area (Å²) in [5.41, 5.74) is 1.49. The molecule has 4 aromatic rings. The van der Waals surface area contributed by atoms with Gasteiger partial charge >= 0.3 is 11.9 Å². The Hall–Kier alpha value is -4.79. The van der Waals surface area contributed by atoms with Crippen molar-refractivity contribution in [3.63, 3.8) is 0 Å². The van der Waals surface area contributed by atoms with Crippen molar-refractivity contribution in [2.45, 2.75) is 12.5 Å². The number of benzene rings is 4. The number of imide groups is 1. The van der Waals surface area contributed by atoms with Crippen molar-refractivity contribution in [2.75, 3.05) is 6.61 Å². The first-order chi connectivity index (χ1) is 20.2. The molecule has 4 aromatic carbocycles. The Kier molecular flexibility index (Phi) is 8.47. The van der Waals surface area contributed by atoms with Gasteiger partial charge in [0, 0.05) is 12.0 Å². The number of Topliss-reactive ketones (excluding diaryl/α,β-unsaturated/α-hetero) is 1. The summed E-state index contributed by atoms with van der Waals surface area (Å²) in [6.07, 6.45) is 0.0121. The third kappa shape index (κ3) is 6.10. The second kappa shape index (κ2) is 12.4. The normalized spacial score (nSPS) is 13.0. The first kappa shape index (κ1) is 28.7. The van der Waals surface area contributed by atoms with Gasteiger partial charge in [-0.05, 0) is 60.2 Å². The van der Waals surface area contributed by atoms with Crippen LogP contribution in [0.15, 0.2) is 97.1 Å². The van der Waals surface area contributed by atoms with Crippen LogP contribution in [0.1, 0.15) is 47.0 Å². The van der Waals surface area contributed by atoms with E-state index in [-0.39, 0.29) is 39.4 Å². The minimum Gasteiger partial charge on any atom is -0.456 e. The Morgan fingerprint density at radius 1 is 0.714 bits per heavy atom. The van der Waals surface area contributed by atoms with Crippen LogP contribution in [-0.2, 0) is 16.0 Å². The lowest BCUT2D eigenvalue weighted by Gasteiger charge is -2.24. The lowest BCUT2D eigenvalue weighted by atomic mass is 10.0. The standard InChI is InChI=1S/C32H21Cl2NO7/c33-25-15-12-21(17-26(25)34)31(39)42-22-13-10-20(11-14-22)28(36)18-41-32(40)27(16-19-6-2-1-3-7-19)35-29(37)23-8-4-5-9-24(23)30(35)38/h1-15,17,27H,16,18H2. The highest BCUT2D eigenvalue weighted by atomic mass is 35.5. The molecule has 0 bridgehead atoms. The molecule has 1 aliphatic heterocycles. The van der Waals surface area contributed by atoms with Gasteiger partial charge in [-0.1, -0.05) is 65.7 Å². The quantitative estimate of drug-likeness (QED) is 0.102. The number of ketones is 1. The Labute approximate surface area is 250 Å². The molecule has 42 heavy (non-hydrogen) atoms. The molecule has 0 aliphatic carbocycles. The monoisotopic (exact) mass is 601 g/mol. The summed E-state index contributed by atoms with van der Waals surface area (Å²) in [4.78, 5) is 65.6. The smallest absolute Gasteiger partial charge is 0.343 e. The average molecular weight is 602 g/mol. The maximum atomic E-state index is 13.3. The Morgan fingerprint density at radius 2 is 1.31 bits per heavy atom. The molecule has 0 N–H and O–H groups in total. The second-order valence-electron chi connectivity index (χ2n) is 9.31. The Bertz CT molecular complexity index is 1670. The number of carbonyl (C=O) groups is 5. The maximum Gasteiger partial charge on any atom is 0.343 e. The summed E-state index contributed by atoms with van der Waals surface area (Å²) < 4.78 is 10.6. The fraction of sp³-hybridized carbons (Fsp3) is 0.0938. The van der Waals surface area contributed by atoms with Crippen LogP contribution in [-0.4, -0.2) is 47.1 Å². The molecule has 10 heteroatoms. The zero-order chi connectivity index (χ0) is 29.8. The fourth-order valence-corrected chi connectivity index (χ4v) is 4.72. The van der Waals surface area contributed by atoms with Crippen LogP contribution >= 0.6 is 23.2 Å². The van der Waals surface area contributed by atoms with Gasteiger partial charge in [0.25, 0.3) is 11.8 Å². The van der Waals surface area contributed by atoms with Gasteiger partial charge in [-0.2, -0.15) is 0 Å². The van der Waals surface area contributed by atoms with Gasteiger partial charge in [0.1, 0.15) is 11.8 Å². The van der Waals surface area contributed by atoms with E-state index in [1.807, 2.05) is 0 Å². The summed E-state index contributed by atoms with van der Waals surface area (Å²) in [6, 6.07) is 23.9. The number of halogens is 2. The van der Waals surface area contributed by atoms with E-state index in [1.54, 1.807) is 42.5 Å². The number of carbonyl (C=O) groups excluding carboxylic acids is 5. The summed E-state index contributed by atoms with van der Waals surface area (Å²) in [6.45, 7) is -0.629. The van der Waals surface area contributed by atoms with Gasteiger partial charge in [-0.15, -0.1) is 0 Å². The van der Waals surface area contributed by atoms with Crippen LogP contribution < -0.4 is 4.74 Å². The molecule has 2 amide bonds. The number of fused-ring (bicyclic) bond motifs is 1. The van der Waals surface area contributed by atoms with Gasteiger partial charge in [0.2, 0.25) is 0 Å². The fourth-order valence-electron chi connectivity index (χ4n) is 4.42. The van der Waals surface area contributed by atoms with Gasteiger partial charge in [0.05, 0.1) is 26.7 Å². The van der Waals surface area contributed by atoms with E-state index >= 15 is 0 Å². The lowest BCUT2D eigenvalue weighted by Crippen LogP contribution is -2.47. The predicted molar refractivity (Wildman–Crippen MR) is 154 cm³/mol. The number of nitrogens with zero attached hydrogens (tertiary/aromatic N) is 1. The molecule has 210 valence electrons. The van der Waals surface area contributed by atoms with E-state index in [2.05, 4.69) is 0 Å². The van der Waals surface area contributed by atoms with Crippen LogP contribution in [0.3, 0.4) is 0 Å². The summed E-state index contributed by atoms with van der Waals surface area (Å²) in [5, 5.41) is 0.502. The van der Waals surface area contributed by atoms with Crippen molar-refractivity contribution >= 4 is 52.7 Å².